The van der Waals surface area contributed by atoms with Crippen LogP contribution in [-0.4, -0.2) is 28.4 Å². The zero-order valence-electron chi connectivity index (χ0n) is 15.5. The van der Waals surface area contributed by atoms with Gasteiger partial charge in [0, 0.05) is 13.5 Å². The molecule has 0 heterocycles. The average Bonchev–Trinajstić information content (AvgIpc) is 2.56. The molecule has 0 radical (unpaired) electrons. The van der Waals surface area contributed by atoms with Crippen LogP contribution < -0.4 is 0 Å². The molecule has 4 heteroatoms. The predicted octanol–water partition coefficient (Wildman–Crippen LogP) is 4.51. The molecule has 0 aliphatic carbocycles. The van der Waals surface area contributed by atoms with Crippen molar-refractivity contribution < 1.29 is 14.7 Å². The normalized spacial score (nSPS) is 9.76. The molecule has 0 saturated heterocycles. The van der Waals surface area contributed by atoms with Crippen LogP contribution in [0.5, 0.6) is 0 Å². The van der Waals surface area contributed by atoms with Gasteiger partial charge in [0.05, 0.1) is 0 Å². The molecule has 1 amide bonds. The second-order valence-corrected chi connectivity index (χ2v) is 5.99. The molecule has 2 rings (SSSR count). The molecule has 0 aromatic heterocycles. The van der Waals surface area contributed by atoms with E-state index >= 15 is 0 Å². The maximum absolute atomic E-state index is 11.5. The van der Waals surface area contributed by atoms with Gasteiger partial charge < -0.3 is 10.0 Å². The summed E-state index contributed by atoms with van der Waals surface area (Å²) in [6.07, 6.45) is 1.25. The van der Waals surface area contributed by atoms with Crippen molar-refractivity contribution in [3.63, 3.8) is 0 Å². The summed E-state index contributed by atoms with van der Waals surface area (Å²) in [5, 5.41) is 8.84. The number of benzene rings is 2. The number of aryl methyl sites for hydroxylation is 1. The smallest absolute Gasteiger partial charge is 0.323 e. The van der Waals surface area contributed by atoms with Crippen molar-refractivity contribution in [2.75, 3.05) is 6.54 Å². The van der Waals surface area contributed by atoms with Crippen LogP contribution in [-0.2, 0) is 16.1 Å². The molecule has 0 saturated carbocycles. The Morgan fingerprint density at radius 3 is 2.04 bits per heavy atom. The Labute approximate surface area is 150 Å². The van der Waals surface area contributed by atoms with E-state index in [1.807, 2.05) is 36.4 Å². The van der Waals surface area contributed by atoms with Gasteiger partial charge in [0.2, 0.25) is 5.91 Å². The molecule has 2 aromatic rings. The SMILES string of the molecule is CC(=O)N(CC(=O)O)Cc1ccc(-c2ccccc2C)cc1.CCC. The van der Waals surface area contributed by atoms with Gasteiger partial charge in [-0.2, -0.15) is 0 Å². The first-order valence-corrected chi connectivity index (χ1v) is 8.51. The molecular weight excluding hydrogens is 314 g/mol. The molecule has 0 spiro atoms. The first-order valence-electron chi connectivity index (χ1n) is 8.51. The molecule has 0 atom stereocenters. The summed E-state index contributed by atoms with van der Waals surface area (Å²) in [7, 11) is 0. The van der Waals surface area contributed by atoms with E-state index in [4.69, 9.17) is 5.11 Å². The van der Waals surface area contributed by atoms with Crippen molar-refractivity contribution in [1.29, 1.82) is 0 Å². The molecule has 1 N–H and O–H groups in total. The van der Waals surface area contributed by atoms with Gasteiger partial charge in [-0.1, -0.05) is 68.8 Å². The summed E-state index contributed by atoms with van der Waals surface area (Å²) in [6.45, 7) is 7.71. The minimum absolute atomic E-state index is 0.245. The summed E-state index contributed by atoms with van der Waals surface area (Å²) in [5.41, 5.74) is 4.39. The molecule has 0 aliphatic heterocycles. The standard InChI is InChI=1S/C18H19NO3.C3H8/c1-13-5-3-4-6-17(13)16-9-7-15(8-10-16)11-19(14(2)20)12-18(21)22;1-3-2/h3-10H,11-12H2,1-2H3,(H,21,22);3H2,1-2H3. The van der Waals surface area contributed by atoms with Crippen LogP contribution in [0.1, 0.15) is 38.3 Å². The number of carboxylic acid groups (broad SMARTS) is 1. The Bertz CT molecular complexity index is 693. The Morgan fingerprint density at radius 2 is 1.56 bits per heavy atom. The second-order valence-electron chi connectivity index (χ2n) is 5.99. The lowest BCUT2D eigenvalue weighted by molar-refractivity contribution is -0.144. The van der Waals surface area contributed by atoms with Gasteiger partial charge in [-0.3, -0.25) is 9.59 Å². The Kier molecular flexibility index (Phi) is 8.40. The molecule has 0 aliphatic rings. The summed E-state index contributed by atoms with van der Waals surface area (Å²) in [5.74, 6) is -1.25. The van der Waals surface area contributed by atoms with Crippen molar-refractivity contribution in [1.82, 2.24) is 4.90 Å². The van der Waals surface area contributed by atoms with Crippen LogP contribution in [0.25, 0.3) is 11.1 Å². The Balaban J connectivity index is 0.000000970. The maximum atomic E-state index is 11.5. The van der Waals surface area contributed by atoms with E-state index in [1.54, 1.807) is 0 Å². The third-order valence-electron chi connectivity index (χ3n) is 3.55. The molecule has 0 fully saturated rings. The molecular formula is C21H27NO3. The molecule has 0 unspecified atom stereocenters. The first kappa shape index (κ1) is 20.4. The summed E-state index contributed by atoms with van der Waals surface area (Å²) in [6, 6.07) is 16.0. The van der Waals surface area contributed by atoms with Gasteiger partial charge in [0.25, 0.3) is 0 Å². The van der Waals surface area contributed by atoms with Gasteiger partial charge in [-0.25, -0.2) is 0 Å². The Morgan fingerprint density at radius 1 is 1.00 bits per heavy atom. The van der Waals surface area contributed by atoms with E-state index in [0.29, 0.717) is 6.54 Å². The van der Waals surface area contributed by atoms with Crippen LogP contribution in [0.15, 0.2) is 48.5 Å². The number of rotatable bonds is 5. The van der Waals surface area contributed by atoms with E-state index in [-0.39, 0.29) is 12.5 Å². The topological polar surface area (TPSA) is 57.6 Å². The van der Waals surface area contributed by atoms with Crippen molar-refractivity contribution >= 4 is 11.9 Å². The number of aliphatic carboxylic acids is 1. The molecule has 25 heavy (non-hydrogen) atoms. The number of amides is 1. The van der Waals surface area contributed by atoms with E-state index in [2.05, 4.69) is 32.9 Å². The van der Waals surface area contributed by atoms with Gasteiger partial charge in [-0.05, 0) is 29.2 Å². The van der Waals surface area contributed by atoms with Crippen LogP contribution in [0.4, 0.5) is 0 Å². The number of hydrogen-bond acceptors (Lipinski definition) is 2. The summed E-state index contributed by atoms with van der Waals surface area (Å²) >= 11 is 0. The lowest BCUT2D eigenvalue weighted by atomic mass is 9.99. The molecule has 4 nitrogen and oxygen atoms in total. The van der Waals surface area contributed by atoms with Crippen LogP contribution in [0, 0.1) is 6.92 Å². The second kappa shape index (κ2) is 10.3. The third-order valence-corrected chi connectivity index (χ3v) is 3.55. The highest BCUT2D eigenvalue weighted by atomic mass is 16.4. The Hall–Kier alpha value is -2.62. The molecule has 134 valence electrons. The fourth-order valence-corrected chi connectivity index (χ4v) is 2.35. The minimum atomic E-state index is -1.01. The fraction of sp³-hybridized carbons (Fsp3) is 0.333. The van der Waals surface area contributed by atoms with E-state index in [1.165, 1.54) is 29.4 Å². The van der Waals surface area contributed by atoms with E-state index < -0.39 is 5.97 Å². The lowest BCUT2D eigenvalue weighted by Crippen LogP contribution is -2.33. The predicted molar refractivity (Wildman–Crippen MR) is 101 cm³/mol. The van der Waals surface area contributed by atoms with Gasteiger partial charge in [0.1, 0.15) is 6.54 Å². The van der Waals surface area contributed by atoms with Crippen LogP contribution in [0.2, 0.25) is 0 Å². The largest absolute Gasteiger partial charge is 0.480 e. The number of hydrogen-bond donors (Lipinski definition) is 1. The van der Waals surface area contributed by atoms with Crippen molar-refractivity contribution in [3.05, 3.63) is 59.7 Å². The number of carboxylic acids is 1. The van der Waals surface area contributed by atoms with Gasteiger partial charge >= 0.3 is 5.97 Å². The number of carbonyl (C=O) groups is 2. The lowest BCUT2D eigenvalue weighted by Gasteiger charge is -2.19. The van der Waals surface area contributed by atoms with E-state index in [9.17, 15) is 9.59 Å². The number of nitrogens with zero attached hydrogens (tertiary/aromatic N) is 1. The highest BCUT2D eigenvalue weighted by Gasteiger charge is 2.13. The summed E-state index contributed by atoms with van der Waals surface area (Å²) < 4.78 is 0. The average molecular weight is 341 g/mol. The van der Waals surface area contributed by atoms with Crippen molar-refractivity contribution in [2.45, 2.75) is 40.7 Å². The summed E-state index contributed by atoms with van der Waals surface area (Å²) in [4.78, 5) is 23.6. The van der Waals surface area contributed by atoms with E-state index in [0.717, 1.165) is 11.1 Å². The third kappa shape index (κ3) is 6.79. The monoisotopic (exact) mass is 341 g/mol. The molecule has 0 bridgehead atoms. The zero-order valence-corrected chi connectivity index (χ0v) is 15.5. The highest BCUT2D eigenvalue weighted by Crippen LogP contribution is 2.23. The maximum Gasteiger partial charge on any atom is 0.323 e. The number of carbonyl (C=O) groups excluding carboxylic acids is 1. The van der Waals surface area contributed by atoms with Crippen LogP contribution >= 0.6 is 0 Å². The van der Waals surface area contributed by atoms with Crippen molar-refractivity contribution in [3.8, 4) is 11.1 Å². The first-order chi connectivity index (χ1) is 11.9. The van der Waals surface area contributed by atoms with Gasteiger partial charge in [-0.15, -0.1) is 0 Å². The zero-order chi connectivity index (χ0) is 18.8. The highest BCUT2D eigenvalue weighted by molar-refractivity contribution is 5.79. The minimum Gasteiger partial charge on any atom is -0.480 e. The quantitative estimate of drug-likeness (QED) is 0.870. The fourth-order valence-electron chi connectivity index (χ4n) is 2.35. The molecule has 2 aromatic carbocycles. The van der Waals surface area contributed by atoms with Gasteiger partial charge in [0.15, 0.2) is 0 Å². The van der Waals surface area contributed by atoms with Crippen molar-refractivity contribution in [2.24, 2.45) is 0 Å². The van der Waals surface area contributed by atoms with Crippen LogP contribution in [0.3, 0.4) is 0 Å².